The second-order valence-corrected chi connectivity index (χ2v) is 6.03. The van der Waals surface area contributed by atoms with E-state index in [0.29, 0.717) is 6.42 Å². The number of piperidine rings is 1. The average Bonchev–Trinajstić information content (AvgIpc) is 2.38. The first-order chi connectivity index (χ1) is 8.66. The molecule has 3 nitrogen and oxygen atoms in total. The van der Waals surface area contributed by atoms with Crippen LogP contribution in [-0.4, -0.2) is 35.1 Å². The number of hydrogen-bond acceptors (Lipinski definition) is 2. The third kappa shape index (κ3) is 3.68. The van der Waals surface area contributed by atoms with Crippen LogP contribution in [0.25, 0.3) is 0 Å². The zero-order valence-electron chi connectivity index (χ0n) is 10.3. The van der Waals surface area contributed by atoms with Gasteiger partial charge < -0.3 is 5.11 Å². The van der Waals surface area contributed by atoms with Crippen LogP contribution in [0.2, 0.25) is 0 Å². The molecule has 1 aromatic rings. The number of aliphatic carboxylic acids is 1. The molecule has 0 amide bonds. The molecule has 1 heterocycles. The number of carbonyl (C=O) groups is 1. The molecule has 1 aliphatic rings. The standard InChI is InChI=1S/C14H18INO2/c15-12-6-4-11(5-7-12)10-13(14(17)18)16-8-2-1-3-9-16/h4-7,13H,1-3,8-10H2,(H,17,18)/t13-/m0/s1. The lowest BCUT2D eigenvalue weighted by Crippen LogP contribution is -2.45. The summed E-state index contributed by atoms with van der Waals surface area (Å²) in [5.74, 6) is -0.699. The molecule has 1 saturated heterocycles. The van der Waals surface area contributed by atoms with Gasteiger partial charge in [0.05, 0.1) is 0 Å². The van der Waals surface area contributed by atoms with Gasteiger partial charge in [-0.2, -0.15) is 0 Å². The fourth-order valence-electron chi connectivity index (χ4n) is 2.45. The van der Waals surface area contributed by atoms with Gasteiger partial charge >= 0.3 is 5.97 Å². The fraction of sp³-hybridized carbons (Fsp3) is 0.500. The Bertz CT molecular complexity index is 399. The topological polar surface area (TPSA) is 40.5 Å². The quantitative estimate of drug-likeness (QED) is 0.841. The largest absolute Gasteiger partial charge is 0.480 e. The van der Waals surface area contributed by atoms with E-state index in [1.165, 1.54) is 9.99 Å². The minimum Gasteiger partial charge on any atom is -0.480 e. The van der Waals surface area contributed by atoms with Crippen molar-refractivity contribution >= 4 is 28.6 Å². The zero-order valence-corrected chi connectivity index (χ0v) is 12.5. The highest BCUT2D eigenvalue weighted by Crippen LogP contribution is 2.17. The van der Waals surface area contributed by atoms with Gasteiger partial charge in [0.25, 0.3) is 0 Å². The van der Waals surface area contributed by atoms with Crippen LogP contribution in [0.3, 0.4) is 0 Å². The van der Waals surface area contributed by atoms with E-state index in [1.54, 1.807) is 0 Å². The Morgan fingerprint density at radius 1 is 1.22 bits per heavy atom. The summed E-state index contributed by atoms with van der Waals surface area (Å²) in [5, 5.41) is 9.40. The van der Waals surface area contributed by atoms with Crippen molar-refractivity contribution in [2.75, 3.05) is 13.1 Å². The molecule has 2 rings (SSSR count). The molecule has 1 N–H and O–H groups in total. The number of carboxylic acids is 1. The molecule has 0 radical (unpaired) electrons. The van der Waals surface area contributed by atoms with Crippen molar-refractivity contribution in [1.82, 2.24) is 4.90 Å². The molecule has 1 atom stereocenters. The number of halogens is 1. The molecule has 1 fully saturated rings. The molecule has 1 aromatic carbocycles. The molecule has 18 heavy (non-hydrogen) atoms. The summed E-state index contributed by atoms with van der Waals surface area (Å²) in [6.07, 6.45) is 4.07. The Labute approximate surface area is 121 Å². The number of carboxylic acid groups (broad SMARTS) is 1. The van der Waals surface area contributed by atoms with Crippen LogP contribution >= 0.6 is 22.6 Å². The van der Waals surface area contributed by atoms with Gasteiger partial charge in [-0.05, 0) is 72.6 Å². The van der Waals surface area contributed by atoms with Crippen molar-refractivity contribution in [1.29, 1.82) is 0 Å². The van der Waals surface area contributed by atoms with Crippen molar-refractivity contribution in [3.05, 3.63) is 33.4 Å². The third-order valence-corrected chi connectivity index (χ3v) is 4.18. The van der Waals surface area contributed by atoms with Crippen LogP contribution in [0, 0.1) is 3.57 Å². The summed E-state index contributed by atoms with van der Waals surface area (Å²) in [6.45, 7) is 1.84. The maximum Gasteiger partial charge on any atom is 0.321 e. The third-order valence-electron chi connectivity index (χ3n) is 3.46. The fourth-order valence-corrected chi connectivity index (χ4v) is 2.81. The highest BCUT2D eigenvalue weighted by Gasteiger charge is 2.26. The minimum atomic E-state index is -0.699. The first-order valence-corrected chi connectivity index (χ1v) is 7.46. The summed E-state index contributed by atoms with van der Waals surface area (Å²) in [7, 11) is 0. The molecule has 0 bridgehead atoms. The molecule has 0 aliphatic carbocycles. The maximum atomic E-state index is 11.4. The van der Waals surface area contributed by atoms with Gasteiger partial charge in [-0.1, -0.05) is 18.6 Å². The van der Waals surface area contributed by atoms with Gasteiger partial charge in [0.2, 0.25) is 0 Å². The van der Waals surface area contributed by atoms with Crippen LogP contribution in [0.4, 0.5) is 0 Å². The van der Waals surface area contributed by atoms with Crippen LogP contribution in [-0.2, 0) is 11.2 Å². The summed E-state index contributed by atoms with van der Waals surface area (Å²) in [5.41, 5.74) is 1.10. The summed E-state index contributed by atoms with van der Waals surface area (Å²) in [4.78, 5) is 13.5. The lowest BCUT2D eigenvalue weighted by Gasteiger charge is -2.32. The van der Waals surface area contributed by atoms with Gasteiger partial charge in [-0.25, -0.2) is 0 Å². The molecule has 1 aliphatic heterocycles. The molecular formula is C14H18INO2. The highest BCUT2D eigenvalue weighted by molar-refractivity contribution is 14.1. The van der Waals surface area contributed by atoms with E-state index in [4.69, 9.17) is 0 Å². The van der Waals surface area contributed by atoms with E-state index < -0.39 is 5.97 Å². The Morgan fingerprint density at radius 2 is 1.83 bits per heavy atom. The predicted molar refractivity (Wildman–Crippen MR) is 79.7 cm³/mol. The average molecular weight is 359 g/mol. The van der Waals surface area contributed by atoms with Gasteiger partial charge in [0.1, 0.15) is 6.04 Å². The minimum absolute atomic E-state index is 0.370. The van der Waals surface area contributed by atoms with Gasteiger partial charge in [-0.15, -0.1) is 0 Å². The molecule has 0 saturated carbocycles. The van der Waals surface area contributed by atoms with E-state index in [-0.39, 0.29) is 6.04 Å². The van der Waals surface area contributed by atoms with Gasteiger partial charge in [-0.3, -0.25) is 9.69 Å². The summed E-state index contributed by atoms with van der Waals surface area (Å²) >= 11 is 2.26. The van der Waals surface area contributed by atoms with Crippen LogP contribution in [0.15, 0.2) is 24.3 Å². The Morgan fingerprint density at radius 3 is 2.39 bits per heavy atom. The monoisotopic (exact) mass is 359 g/mol. The molecule has 0 unspecified atom stereocenters. The van der Waals surface area contributed by atoms with Gasteiger partial charge in [0.15, 0.2) is 0 Å². The number of benzene rings is 1. The van der Waals surface area contributed by atoms with E-state index in [2.05, 4.69) is 27.5 Å². The Kier molecular flexibility index (Phi) is 5.00. The van der Waals surface area contributed by atoms with Crippen LogP contribution in [0.1, 0.15) is 24.8 Å². The smallest absolute Gasteiger partial charge is 0.321 e. The lowest BCUT2D eigenvalue weighted by atomic mass is 10.0. The van der Waals surface area contributed by atoms with Gasteiger partial charge in [0, 0.05) is 3.57 Å². The second-order valence-electron chi connectivity index (χ2n) is 4.78. The zero-order chi connectivity index (χ0) is 13.0. The van der Waals surface area contributed by atoms with Crippen molar-refractivity contribution in [3.8, 4) is 0 Å². The molecule has 4 heteroatoms. The van der Waals surface area contributed by atoms with E-state index in [0.717, 1.165) is 31.5 Å². The summed E-state index contributed by atoms with van der Waals surface area (Å²) in [6, 6.07) is 7.75. The Hall–Kier alpha value is -0.620. The van der Waals surface area contributed by atoms with E-state index in [9.17, 15) is 9.90 Å². The molecule has 0 spiro atoms. The normalized spacial score (nSPS) is 18.5. The van der Waals surface area contributed by atoms with Crippen LogP contribution < -0.4 is 0 Å². The van der Waals surface area contributed by atoms with Crippen molar-refractivity contribution in [2.45, 2.75) is 31.7 Å². The Balaban J connectivity index is 2.05. The predicted octanol–water partition coefficient (Wildman–Crippen LogP) is 2.77. The maximum absolute atomic E-state index is 11.4. The number of likely N-dealkylation sites (tertiary alicyclic amines) is 1. The number of hydrogen-bond donors (Lipinski definition) is 1. The van der Waals surface area contributed by atoms with Crippen LogP contribution in [0.5, 0.6) is 0 Å². The number of rotatable bonds is 4. The SMILES string of the molecule is O=C(O)[C@H](Cc1ccc(I)cc1)N1CCCCC1. The highest BCUT2D eigenvalue weighted by atomic mass is 127. The van der Waals surface area contributed by atoms with Crippen molar-refractivity contribution in [2.24, 2.45) is 0 Å². The second kappa shape index (κ2) is 6.52. The van der Waals surface area contributed by atoms with Crippen molar-refractivity contribution < 1.29 is 9.90 Å². The molecular weight excluding hydrogens is 341 g/mol. The lowest BCUT2D eigenvalue weighted by molar-refractivity contribution is -0.143. The first-order valence-electron chi connectivity index (χ1n) is 6.38. The van der Waals surface area contributed by atoms with E-state index >= 15 is 0 Å². The molecule has 98 valence electrons. The first kappa shape index (κ1) is 13.8. The summed E-state index contributed by atoms with van der Waals surface area (Å²) < 4.78 is 1.18. The number of nitrogens with zero attached hydrogens (tertiary/aromatic N) is 1. The van der Waals surface area contributed by atoms with E-state index in [1.807, 2.05) is 24.3 Å². The molecule has 0 aromatic heterocycles. The van der Waals surface area contributed by atoms with Crippen molar-refractivity contribution in [3.63, 3.8) is 0 Å².